The molecule has 1 aliphatic heterocycles. The summed E-state index contributed by atoms with van der Waals surface area (Å²) in [5, 5.41) is 20.3. The second-order valence-electron chi connectivity index (χ2n) is 5.34. The first-order valence-electron chi connectivity index (χ1n) is 7.10. The van der Waals surface area contributed by atoms with Gasteiger partial charge in [-0.05, 0) is 13.0 Å². The van der Waals surface area contributed by atoms with Gasteiger partial charge in [-0.1, -0.05) is 0 Å². The van der Waals surface area contributed by atoms with Gasteiger partial charge in [0.1, 0.15) is 0 Å². The van der Waals surface area contributed by atoms with Crippen molar-refractivity contribution in [1.29, 1.82) is 0 Å². The summed E-state index contributed by atoms with van der Waals surface area (Å²) in [5.74, 6) is -1.05. The number of hydrogen-bond acceptors (Lipinski definition) is 6. The first-order chi connectivity index (χ1) is 10.4. The smallest absolute Gasteiger partial charge is 0.314 e. The monoisotopic (exact) mass is 313 g/mol. The number of rotatable bonds is 5. The molecule has 0 spiro atoms. The van der Waals surface area contributed by atoms with Crippen molar-refractivity contribution < 1.29 is 19.2 Å². The Morgan fingerprint density at radius 1 is 1.41 bits per heavy atom. The van der Waals surface area contributed by atoms with E-state index in [-0.39, 0.29) is 11.4 Å². The molecule has 1 N–H and O–H groups in total. The number of aliphatic hydroxyl groups is 1. The highest BCUT2D eigenvalue weighted by Gasteiger charge is 2.26. The van der Waals surface area contributed by atoms with Gasteiger partial charge in [-0.2, -0.15) is 0 Å². The van der Waals surface area contributed by atoms with E-state index in [2.05, 4.69) is 4.90 Å². The van der Waals surface area contributed by atoms with Gasteiger partial charge in [0.15, 0.2) is 5.82 Å². The van der Waals surface area contributed by atoms with Crippen LogP contribution in [0.2, 0.25) is 0 Å². The fourth-order valence-electron chi connectivity index (χ4n) is 2.66. The molecule has 0 amide bonds. The number of β-amino-alcohol motifs (C(OH)–C–C–N with tert-alkyl or cyclic N) is 1. The van der Waals surface area contributed by atoms with Gasteiger partial charge in [0.05, 0.1) is 23.8 Å². The SMILES string of the molecule is COc1c([N+](=O)[O-])ccc(N2CCN(CC(C)O)CC2)c1F. The van der Waals surface area contributed by atoms with Crippen LogP contribution >= 0.6 is 0 Å². The maximum absolute atomic E-state index is 14.5. The normalized spacial score (nSPS) is 17.4. The van der Waals surface area contributed by atoms with Crippen molar-refractivity contribution >= 4 is 11.4 Å². The van der Waals surface area contributed by atoms with Crippen molar-refractivity contribution in [3.8, 4) is 5.75 Å². The summed E-state index contributed by atoms with van der Waals surface area (Å²) in [6.45, 7) is 4.88. The maximum atomic E-state index is 14.5. The number of hydrogen-bond donors (Lipinski definition) is 1. The number of halogens is 1. The lowest BCUT2D eigenvalue weighted by Crippen LogP contribution is -2.48. The lowest BCUT2D eigenvalue weighted by molar-refractivity contribution is -0.386. The van der Waals surface area contributed by atoms with E-state index in [4.69, 9.17) is 4.74 Å². The summed E-state index contributed by atoms with van der Waals surface area (Å²) in [4.78, 5) is 14.2. The largest absolute Gasteiger partial charge is 0.488 e. The Labute approximate surface area is 128 Å². The Balaban J connectivity index is 2.16. The van der Waals surface area contributed by atoms with Gasteiger partial charge in [-0.25, -0.2) is 4.39 Å². The van der Waals surface area contributed by atoms with Gasteiger partial charge >= 0.3 is 5.69 Å². The molecule has 1 aromatic rings. The molecule has 1 unspecified atom stereocenters. The third kappa shape index (κ3) is 3.45. The summed E-state index contributed by atoms with van der Waals surface area (Å²) in [5.41, 5.74) is -0.0735. The van der Waals surface area contributed by atoms with E-state index in [1.165, 1.54) is 19.2 Å². The summed E-state index contributed by atoms with van der Waals surface area (Å²) in [6.07, 6.45) is -0.400. The molecule has 8 heteroatoms. The molecule has 1 aliphatic rings. The summed E-state index contributed by atoms with van der Waals surface area (Å²) in [6, 6.07) is 2.68. The Morgan fingerprint density at radius 3 is 2.55 bits per heavy atom. The zero-order valence-electron chi connectivity index (χ0n) is 12.7. The topological polar surface area (TPSA) is 79.1 Å². The molecule has 0 saturated carbocycles. The van der Waals surface area contributed by atoms with Gasteiger partial charge in [0.25, 0.3) is 0 Å². The van der Waals surface area contributed by atoms with Gasteiger partial charge in [0.2, 0.25) is 5.75 Å². The van der Waals surface area contributed by atoms with E-state index >= 15 is 0 Å². The number of nitro groups is 1. The molecule has 1 fully saturated rings. The van der Waals surface area contributed by atoms with Gasteiger partial charge in [-0.3, -0.25) is 15.0 Å². The van der Waals surface area contributed by atoms with Crippen LogP contribution in [0.3, 0.4) is 0 Å². The van der Waals surface area contributed by atoms with Crippen LogP contribution in [0.4, 0.5) is 15.8 Å². The summed E-state index contributed by atoms with van der Waals surface area (Å²) < 4.78 is 19.3. The van der Waals surface area contributed by atoms with Crippen molar-refractivity contribution in [3.05, 3.63) is 28.1 Å². The first kappa shape index (κ1) is 16.4. The highest BCUT2D eigenvalue weighted by Crippen LogP contribution is 2.36. The number of nitrogens with zero attached hydrogens (tertiary/aromatic N) is 3. The standard InChI is InChI=1S/C14H20FN3O4/c1-10(19)9-16-5-7-17(8-6-16)11-3-4-12(18(20)21)14(22-2)13(11)15/h3-4,10,19H,5-9H2,1-2H3. The fourth-order valence-corrected chi connectivity index (χ4v) is 2.66. The molecule has 1 heterocycles. The number of methoxy groups -OCH3 is 1. The lowest BCUT2D eigenvalue weighted by atomic mass is 10.2. The van der Waals surface area contributed by atoms with E-state index in [9.17, 15) is 19.6 Å². The zero-order valence-corrected chi connectivity index (χ0v) is 12.7. The van der Waals surface area contributed by atoms with Crippen LogP contribution in [0.15, 0.2) is 12.1 Å². The Hall–Kier alpha value is -1.93. The van der Waals surface area contributed by atoms with E-state index in [1.807, 2.05) is 4.90 Å². The third-order valence-corrected chi connectivity index (χ3v) is 3.69. The molecular weight excluding hydrogens is 293 g/mol. The van der Waals surface area contributed by atoms with Crippen LogP contribution in [0, 0.1) is 15.9 Å². The molecule has 1 atom stereocenters. The van der Waals surface area contributed by atoms with E-state index < -0.39 is 16.8 Å². The quantitative estimate of drug-likeness (QED) is 0.651. The first-order valence-corrected chi connectivity index (χ1v) is 7.10. The highest BCUT2D eigenvalue weighted by molar-refractivity contribution is 5.61. The molecule has 0 radical (unpaired) electrons. The molecule has 2 rings (SSSR count). The minimum Gasteiger partial charge on any atom is -0.488 e. The second kappa shape index (κ2) is 6.89. The summed E-state index contributed by atoms with van der Waals surface area (Å²) in [7, 11) is 1.22. The predicted molar refractivity (Wildman–Crippen MR) is 79.9 cm³/mol. The average Bonchev–Trinajstić information content (AvgIpc) is 2.47. The van der Waals surface area contributed by atoms with E-state index in [0.717, 1.165) is 0 Å². The minimum atomic E-state index is -0.708. The molecule has 122 valence electrons. The van der Waals surface area contributed by atoms with Crippen LogP contribution in [-0.2, 0) is 0 Å². The Morgan fingerprint density at radius 2 is 2.05 bits per heavy atom. The van der Waals surface area contributed by atoms with E-state index in [0.29, 0.717) is 38.4 Å². The molecule has 7 nitrogen and oxygen atoms in total. The van der Waals surface area contributed by atoms with Crippen molar-refractivity contribution in [1.82, 2.24) is 4.90 Å². The van der Waals surface area contributed by atoms with Crippen LogP contribution in [0.5, 0.6) is 5.75 Å². The maximum Gasteiger partial charge on any atom is 0.314 e. The number of aliphatic hydroxyl groups excluding tert-OH is 1. The number of anilines is 1. The number of piperazine rings is 1. The highest BCUT2D eigenvalue weighted by atomic mass is 19.1. The van der Waals surface area contributed by atoms with E-state index in [1.54, 1.807) is 6.92 Å². The number of nitro benzene ring substituents is 1. The molecule has 0 aromatic heterocycles. The van der Waals surface area contributed by atoms with Crippen LogP contribution in [-0.4, -0.2) is 60.9 Å². The molecule has 0 bridgehead atoms. The molecule has 0 aliphatic carbocycles. The molecule has 1 aromatic carbocycles. The Kier molecular flexibility index (Phi) is 5.15. The molecular formula is C14H20FN3O4. The molecule has 22 heavy (non-hydrogen) atoms. The Bertz CT molecular complexity index is 545. The predicted octanol–water partition coefficient (Wildman–Crippen LogP) is 1.25. The summed E-state index contributed by atoms with van der Waals surface area (Å²) >= 11 is 0. The second-order valence-corrected chi connectivity index (χ2v) is 5.34. The lowest BCUT2D eigenvalue weighted by Gasteiger charge is -2.36. The van der Waals surface area contributed by atoms with Crippen LogP contribution in [0.25, 0.3) is 0 Å². The van der Waals surface area contributed by atoms with Crippen molar-refractivity contribution in [2.24, 2.45) is 0 Å². The van der Waals surface area contributed by atoms with Crippen molar-refractivity contribution in [3.63, 3.8) is 0 Å². The zero-order chi connectivity index (χ0) is 16.3. The van der Waals surface area contributed by atoms with Crippen LogP contribution in [0.1, 0.15) is 6.92 Å². The van der Waals surface area contributed by atoms with Gasteiger partial charge in [0, 0.05) is 38.8 Å². The number of ether oxygens (including phenoxy) is 1. The van der Waals surface area contributed by atoms with Gasteiger partial charge in [-0.15, -0.1) is 0 Å². The van der Waals surface area contributed by atoms with Gasteiger partial charge < -0.3 is 14.7 Å². The fraction of sp³-hybridized carbons (Fsp3) is 0.571. The minimum absolute atomic E-state index is 0.305. The van der Waals surface area contributed by atoms with Crippen molar-refractivity contribution in [2.45, 2.75) is 13.0 Å². The number of benzene rings is 1. The average molecular weight is 313 g/mol. The van der Waals surface area contributed by atoms with Crippen molar-refractivity contribution in [2.75, 3.05) is 44.7 Å². The third-order valence-electron chi connectivity index (χ3n) is 3.69. The van der Waals surface area contributed by atoms with Crippen LogP contribution < -0.4 is 9.64 Å². The molecule has 1 saturated heterocycles.